The maximum absolute atomic E-state index is 12.0. The molecule has 36 heavy (non-hydrogen) atoms. The molecular formula is C19H36O4S13. The molecule has 1 atom stereocenters. The molecule has 0 saturated heterocycles. The Morgan fingerprint density at radius 3 is 1.75 bits per heavy atom. The topological polar surface area (TPSA) is 77.4 Å². The molecule has 0 amide bonds. The van der Waals surface area contributed by atoms with Crippen LogP contribution in [0.1, 0.15) is 6.92 Å². The lowest BCUT2D eigenvalue weighted by Gasteiger charge is -2.09. The number of hydrogen-bond acceptors (Lipinski definition) is 16. The predicted molar refractivity (Wildman–Crippen MR) is 195 cm³/mol. The van der Waals surface area contributed by atoms with Gasteiger partial charge in [-0.25, -0.2) is 0 Å². The summed E-state index contributed by atoms with van der Waals surface area (Å²) in [5.41, 5.74) is 0. The standard InChI is InChI=1S/C19H36O4S13/c1-2-24-5-6-36(23)17-33-15-31-13-30-14-32-16-35-19(22)8-27-11-29-12-28-10-26-7-18(21)34-4-3-25-9-20/h20H,2-17H2,1H3. The van der Waals surface area contributed by atoms with Gasteiger partial charge in [-0.05, 0) is 16.9 Å². The molecule has 1 unspecified atom stereocenters. The molecule has 17 heteroatoms. The molecule has 0 fully saturated rings. The summed E-state index contributed by atoms with van der Waals surface area (Å²) >= 11 is 19.7. The van der Waals surface area contributed by atoms with E-state index in [-0.39, 0.29) is 16.2 Å². The van der Waals surface area contributed by atoms with Crippen molar-refractivity contribution in [2.75, 3.05) is 86.9 Å². The van der Waals surface area contributed by atoms with Crippen molar-refractivity contribution in [1.82, 2.24) is 0 Å². The summed E-state index contributed by atoms with van der Waals surface area (Å²) in [7, 11) is 0. The molecule has 0 radical (unpaired) electrons. The van der Waals surface area contributed by atoms with Gasteiger partial charge in [0.05, 0.1) is 17.4 Å². The monoisotopic (exact) mass is 744 g/mol. The van der Waals surface area contributed by atoms with Gasteiger partial charge in [-0.15, -0.1) is 94.1 Å². The first-order valence-corrected chi connectivity index (χ1v) is 25.6. The molecule has 0 heterocycles. The minimum absolute atomic E-state index is 0.118. The van der Waals surface area contributed by atoms with Gasteiger partial charge in [0.25, 0.3) is 0 Å². The fraction of sp³-hybridized carbons (Fsp3) is 0.895. The lowest BCUT2D eigenvalue weighted by Crippen LogP contribution is -2.11. The van der Waals surface area contributed by atoms with E-state index in [0.717, 1.165) is 69.4 Å². The largest absolute Gasteiger partial charge is 0.616 e. The van der Waals surface area contributed by atoms with Crippen LogP contribution >= 0.6 is 141 Å². The average Bonchev–Trinajstić information content (AvgIpc) is 2.86. The lowest BCUT2D eigenvalue weighted by molar-refractivity contribution is -0.109. The number of aliphatic hydroxyl groups is 1. The number of hydrogen-bond donors (Lipinski definition) is 1. The number of thioether (sulfide) groups is 12. The highest BCUT2D eigenvalue weighted by molar-refractivity contribution is 8.31. The summed E-state index contributed by atoms with van der Waals surface area (Å²) in [6, 6.07) is 0. The highest BCUT2D eigenvalue weighted by Gasteiger charge is 2.06. The van der Waals surface area contributed by atoms with Crippen molar-refractivity contribution >= 4 is 163 Å². The van der Waals surface area contributed by atoms with Crippen LogP contribution in [0.4, 0.5) is 0 Å². The van der Waals surface area contributed by atoms with Crippen molar-refractivity contribution in [1.29, 1.82) is 0 Å². The fourth-order valence-electron chi connectivity index (χ4n) is 1.73. The molecule has 0 bridgehead atoms. The molecule has 0 aliphatic rings. The van der Waals surface area contributed by atoms with Gasteiger partial charge in [0, 0.05) is 52.9 Å². The SMILES string of the molecule is CCSCC[S+]([O-])CSCSCSCSCSC(=O)CSCSCSCSCC(=O)SCCSCO. The lowest BCUT2D eigenvalue weighted by atomic mass is 10.9. The first-order valence-electron chi connectivity index (χ1n) is 10.6. The van der Waals surface area contributed by atoms with Crippen LogP contribution in [0.2, 0.25) is 0 Å². The van der Waals surface area contributed by atoms with E-state index in [2.05, 4.69) is 6.92 Å². The number of rotatable bonds is 28. The number of carbonyl (C=O) groups excluding carboxylic acids is 2. The van der Waals surface area contributed by atoms with Gasteiger partial charge in [0.1, 0.15) is 5.75 Å². The Balaban J connectivity index is 3.27. The maximum Gasteiger partial charge on any atom is 0.199 e. The summed E-state index contributed by atoms with van der Waals surface area (Å²) in [4.78, 5) is 23.6. The van der Waals surface area contributed by atoms with E-state index in [0.29, 0.717) is 11.5 Å². The van der Waals surface area contributed by atoms with E-state index < -0.39 is 11.2 Å². The molecule has 4 nitrogen and oxygen atoms in total. The zero-order valence-electron chi connectivity index (χ0n) is 20.3. The molecule has 0 rings (SSSR count). The Hall–Kier alpha value is 3.81. The third-order valence-electron chi connectivity index (χ3n) is 3.20. The molecule has 0 spiro atoms. The molecule has 0 aliphatic heterocycles. The van der Waals surface area contributed by atoms with Crippen LogP contribution in [0.5, 0.6) is 0 Å². The third-order valence-corrected chi connectivity index (χ3v) is 19.4. The van der Waals surface area contributed by atoms with Crippen LogP contribution in [0.15, 0.2) is 0 Å². The number of carbonyl (C=O) groups is 2. The van der Waals surface area contributed by atoms with E-state index >= 15 is 0 Å². The highest BCUT2D eigenvalue weighted by Crippen LogP contribution is 2.26. The summed E-state index contributed by atoms with van der Waals surface area (Å²) < 4.78 is 11.8. The van der Waals surface area contributed by atoms with Crippen LogP contribution in [-0.4, -0.2) is 107 Å². The number of aliphatic hydroxyl groups excluding tert-OH is 1. The average molecular weight is 745 g/mol. The quantitative estimate of drug-likeness (QED) is 0.0498. The van der Waals surface area contributed by atoms with Crippen molar-refractivity contribution in [3.05, 3.63) is 0 Å². The minimum Gasteiger partial charge on any atom is -0.616 e. The Bertz CT molecular complexity index is 508. The van der Waals surface area contributed by atoms with Crippen molar-refractivity contribution in [3.8, 4) is 0 Å². The Morgan fingerprint density at radius 2 is 1.17 bits per heavy atom. The second kappa shape index (κ2) is 33.3. The van der Waals surface area contributed by atoms with E-state index in [1.54, 1.807) is 47.0 Å². The normalized spacial score (nSPS) is 12.2. The van der Waals surface area contributed by atoms with Gasteiger partial charge in [-0.2, -0.15) is 11.8 Å². The molecule has 0 aromatic carbocycles. The van der Waals surface area contributed by atoms with Crippen LogP contribution < -0.4 is 0 Å². The van der Waals surface area contributed by atoms with Gasteiger partial charge in [-0.3, -0.25) is 9.59 Å². The Kier molecular flexibility index (Phi) is 36.8. The van der Waals surface area contributed by atoms with Crippen molar-refractivity contribution in [3.63, 3.8) is 0 Å². The second-order valence-electron chi connectivity index (χ2n) is 5.98. The van der Waals surface area contributed by atoms with Gasteiger partial charge in [-0.1, -0.05) is 42.2 Å². The van der Waals surface area contributed by atoms with Crippen LogP contribution in [0.25, 0.3) is 0 Å². The minimum atomic E-state index is -0.685. The Labute approximate surface area is 272 Å². The van der Waals surface area contributed by atoms with Crippen LogP contribution in [0.3, 0.4) is 0 Å². The van der Waals surface area contributed by atoms with Crippen LogP contribution in [0, 0.1) is 0 Å². The van der Waals surface area contributed by atoms with E-state index in [4.69, 9.17) is 5.11 Å². The van der Waals surface area contributed by atoms with Crippen molar-refractivity contribution in [2.45, 2.75) is 6.92 Å². The molecule has 0 aliphatic carbocycles. The zero-order valence-corrected chi connectivity index (χ0v) is 30.9. The second-order valence-corrected chi connectivity index (χ2v) is 23.0. The molecular weight excluding hydrogens is 709 g/mol. The summed E-state index contributed by atoms with van der Waals surface area (Å²) in [5.74, 6) is 5.71. The fourth-order valence-corrected chi connectivity index (χ4v) is 16.8. The van der Waals surface area contributed by atoms with E-state index in [1.807, 2.05) is 58.8 Å². The van der Waals surface area contributed by atoms with Gasteiger partial charge < -0.3 is 9.66 Å². The first-order chi connectivity index (χ1) is 17.6. The van der Waals surface area contributed by atoms with E-state index in [9.17, 15) is 14.1 Å². The molecule has 214 valence electrons. The molecule has 1 N–H and O–H groups in total. The highest BCUT2D eigenvalue weighted by atomic mass is 32.3. The van der Waals surface area contributed by atoms with Gasteiger partial charge in [0.15, 0.2) is 15.3 Å². The van der Waals surface area contributed by atoms with Crippen molar-refractivity contribution in [2.24, 2.45) is 0 Å². The smallest absolute Gasteiger partial charge is 0.199 e. The third kappa shape index (κ3) is 32.3. The molecule has 0 aromatic heterocycles. The predicted octanol–water partition coefficient (Wildman–Crippen LogP) is 7.22. The summed E-state index contributed by atoms with van der Waals surface area (Å²) in [6.07, 6.45) is 0. The zero-order chi connectivity index (χ0) is 26.5. The molecule has 0 saturated carbocycles. The maximum atomic E-state index is 12.0. The summed E-state index contributed by atoms with van der Waals surface area (Å²) in [5, 5.41) is 16.6. The van der Waals surface area contributed by atoms with Crippen LogP contribution in [-0.2, 0) is 20.8 Å². The van der Waals surface area contributed by atoms with E-state index in [1.165, 1.54) is 35.3 Å². The molecule has 0 aromatic rings. The first kappa shape index (κ1) is 39.8. The van der Waals surface area contributed by atoms with Crippen molar-refractivity contribution < 1.29 is 19.2 Å². The van der Waals surface area contributed by atoms with Gasteiger partial charge >= 0.3 is 0 Å². The summed E-state index contributed by atoms with van der Waals surface area (Å²) in [6.45, 7) is 2.13. The van der Waals surface area contributed by atoms with Gasteiger partial charge in [0.2, 0.25) is 0 Å². The Morgan fingerprint density at radius 1 is 0.639 bits per heavy atom.